The van der Waals surface area contributed by atoms with Crippen molar-refractivity contribution in [1.82, 2.24) is 4.90 Å². The topological polar surface area (TPSA) is 81.9 Å². The van der Waals surface area contributed by atoms with E-state index in [1.165, 1.54) is 7.11 Å². The minimum atomic E-state index is -0.328. The molecule has 0 aromatic carbocycles. The fourth-order valence-electron chi connectivity index (χ4n) is 2.06. The van der Waals surface area contributed by atoms with Crippen LogP contribution in [0.4, 0.5) is 0 Å². The monoisotopic (exact) mass is 244 g/mol. The van der Waals surface area contributed by atoms with Crippen molar-refractivity contribution in [3.05, 3.63) is 0 Å². The number of hydrogen-bond acceptors (Lipinski definition) is 5. The van der Waals surface area contributed by atoms with Crippen LogP contribution in [0.2, 0.25) is 0 Å². The molecule has 0 aliphatic carbocycles. The van der Waals surface area contributed by atoms with Gasteiger partial charge in [-0.05, 0) is 6.42 Å². The minimum absolute atomic E-state index is 0.211. The summed E-state index contributed by atoms with van der Waals surface area (Å²) in [7, 11) is 1.35. The maximum Gasteiger partial charge on any atom is 0.308 e. The lowest BCUT2D eigenvalue weighted by atomic mass is 10.1. The van der Waals surface area contributed by atoms with Gasteiger partial charge in [0.15, 0.2) is 0 Å². The van der Waals surface area contributed by atoms with Gasteiger partial charge in [0.1, 0.15) is 0 Å². The number of morpholine rings is 1. The summed E-state index contributed by atoms with van der Waals surface area (Å²) < 4.78 is 10.1. The van der Waals surface area contributed by atoms with Gasteiger partial charge in [-0.1, -0.05) is 6.92 Å². The van der Waals surface area contributed by atoms with Crippen LogP contribution in [0, 0.1) is 0 Å². The normalized spacial score (nSPS) is 23.1. The van der Waals surface area contributed by atoms with E-state index in [1.807, 2.05) is 11.8 Å². The summed E-state index contributed by atoms with van der Waals surface area (Å²) in [5.41, 5.74) is 5.34. The molecule has 17 heavy (non-hydrogen) atoms. The summed E-state index contributed by atoms with van der Waals surface area (Å²) in [6.07, 6.45) is 0.659. The summed E-state index contributed by atoms with van der Waals surface area (Å²) in [5, 5.41) is 0. The molecule has 0 aromatic heterocycles. The van der Waals surface area contributed by atoms with Gasteiger partial charge in [0.25, 0.3) is 0 Å². The van der Waals surface area contributed by atoms with Crippen LogP contribution in [0.3, 0.4) is 0 Å². The molecular formula is C11H20N2O4. The molecule has 2 unspecified atom stereocenters. The van der Waals surface area contributed by atoms with E-state index >= 15 is 0 Å². The Bertz CT molecular complexity index is 283. The molecule has 1 rings (SSSR count). The number of carbonyl (C=O) groups is 2. The van der Waals surface area contributed by atoms with E-state index in [2.05, 4.69) is 4.74 Å². The number of nitrogens with zero attached hydrogens (tertiary/aromatic N) is 1. The second-order valence-electron chi connectivity index (χ2n) is 4.09. The Morgan fingerprint density at radius 1 is 1.59 bits per heavy atom. The van der Waals surface area contributed by atoms with Crippen LogP contribution in [-0.4, -0.2) is 55.7 Å². The number of esters is 1. The number of ether oxygens (including phenoxy) is 2. The third-order valence-corrected chi connectivity index (χ3v) is 2.95. The molecule has 6 heteroatoms. The van der Waals surface area contributed by atoms with E-state index in [9.17, 15) is 9.59 Å². The number of carbonyl (C=O) groups excluding carboxylic acids is 2. The highest BCUT2D eigenvalue weighted by Gasteiger charge is 2.29. The quantitative estimate of drug-likeness (QED) is 0.660. The first-order valence-electron chi connectivity index (χ1n) is 5.80. The maximum atomic E-state index is 11.3. The van der Waals surface area contributed by atoms with Crippen LogP contribution < -0.4 is 5.73 Å². The second kappa shape index (κ2) is 6.56. The number of nitrogens with two attached hydrogens (primary N) is 1. The first-order valence-corrected chi connectivity index (χ1v) is 5.80. The van der Waals surface area contributed by atoms with Gasteiger partial charge in [-0.2, -0.15) is 0 Å². The van der Waals surface area contributed by atoms with Crippen LogP contribution in [0.25, 0.3) is 0 Å². The average molecular weight is 244 g/mol. The SMILES string of the molecule is CCC(C(N)=O)N1CCOC(CC(=O)OC)C1. The van der Waals surface area contributed by atoms with Crippen LogP contribution in [0.15, 0.2) is 0 Å². The van der Waals surface area contributed by atoms with Gasteiger partial charge in [0.05, 0.1) is 32.3 Å². The lowest BCUT2D eigenvalue weighted by Crippen LogP contribution is -2.52. The van der Waals surface area contributed by atoms with Gasteiger partial charge < -0.3 is 15.2 Å². The lowest BCUT2D eigenvalue weighted by molar-refractivity contribution is -0.146. The Hall–Kier alpha value is -1.14. The number of hydrogen-bond donors (Lipinski definition) is 1. The van der Waals surface area contributed by atoms with Crippen molar-refractivity contribution in [2.75, 3.05) is 26.8 Å². The molecule has 0 bridgehead atoms. The molecular weight excluding hydrogens is 224 g/mol. The Labute approximate surface area is 101 Å². The Kier molecular flexibility index (Phi) is 5.37. The highest BCUT2D eigenvalue weighted by Crippen LogP contribution is 2.14. The molecule has 98 valence electrons. The zero-order valence-corrected chi connectivity index (χ0v) is 10.3. The summed E-state index contributed by atoms with van der Waals surface area (Å²) in [4.78, 5) is 24.4. The number of primary amides is 1. The van der Waals surface area contributed by atoms with Crippen LogP contribution in [0.5, 0.6) is 0 Å². The maximum absolute atomic E-state index is 11.3. The summed E-state index contributed by atoms with van der Waals surface area (Å²) >= 11 is 0. The average Bonchev–Trinajstić information content (AvgIpc) is 2.30. The molecule has 1 fully saturated rings. The third-order valence-electron chi connectivity index (χ3n) is 2.95. The van der Waals surface area contributed by atoms with Crippen molar-refractivity contribution in [2.24, 2.45) is 5.73 Å². The van der Waals surface area contributed by atoms with Gasteiger partial charge in [-0.15, -0.1) is 0 Å². The van der Waals surface area contributed by atoms with Gasteiger partial charge in [0, 0.05) is 13.1 Å². The molecule has 0 radical (unpaired) electrons. The second-order valence-corrected chi connectivity index (χ2v) is 4.09. The van der Waals surface area contributed by atoms with Crippen molar-refractivity contribution < 1.29 is 19.1 Å². The van der Waals surface area contributed by atoms with E-state index in [4.69, 9.17) is 10.5 Å². The van der Waals surface area contributed by atoms with E-state index in [1.54, 1.807) is 0 Å². The molecule has 1 amide bonds. The predicted octanol–water partition coefficient (Wildman–Crippen LogP) is -0.486. The van der Waals surface area contributed by atoms with E-state index in [-0.39, 0.29) is 30.4 Å². The van der Waals surface area contributed by atoms with Crippen LogP contribution in [0.1, 0.15) is 19.8 Å². The Morgan fingerprint density at radius 2 is 2.29 bits per heavy atom. The molecule has 1 aliphatic heterocycles. The summed E-state index contributed by atoms with van der Waals surface area (Å²) in [5.74, 6) is -0.629. The first-order chi connectivity index (χ1) is 8.08. The summed E-state index contributed by atoms with van der Waals surface area (Å²) in [6.45, 7) is 3.63. The Morgan fingerprint density at radius 3 is 2.82 bits per heavy atom. The van der Waals surface area contributed by atoms with E-state index < -0.39 is 0 Å². The predicted molar refractivity (Wildman–Crippen MR) is 61.2 cm³/mol. The molecule has 6 nitrogen and oxygen atoms in total. The lowest BCUT2D eigenvalue weighted by Gasteiger charge is -2.36. The molecule has 2 atom stereocenters. The minimum Gasteiger partial charge on any atom is -0.469 e. The highest BCUT2D eigenvalue weighted by molar-refractivity contribution is 5.79. The number of methoxy groups -OCH3 is 1. The van der Waals surface area contributed by atoms with E-state index in [0.717, 1.165) is 0 Å². The van der Waals surface area contributed by atoms with Crippen molar-refractivity contribution in [3.8, 4) is 0 Å². The molecule has 1 aliphatic rings. The molecule has 0 aromatic rings. The zero-order chi connectivity index (χ0) is 12.8. The fourth-order valence-corrected chi connectivity index (χ4v) is 2.06. The van der Waals surface area contributed by atoms with Crippen LogP contribution in [-0.2, 0) is 19.1 Å². The van der Waals surface area contributed by atoms with Crippen molar-refractivity contribution >= 4 is 11.9 Å². The van der Waals surface area contributed by atoms with Crippen LogP contribution >= 0.6 is 0 Å². The van der Waals surface area contributed by atoms with Gasteiger partial charge in [-0.25, -0.2) is 0 Å². The highest BCUT2D eigenvalue weighted by atomic mass is 16.5. The molecule has 2 N–H and O–H groups in total. The molecule has 1 saturated heterocycles. The van der Waals surface area contributed by atoms with Gasteiger partial charge >= 0.3 is 5.97 Å². The molecule has 0 saturated carbocycles. The Balaban J connectivity index is 2.53. The largest absolute Gasteiger partial charge is 0.469 e. The number of amides is 1. The van der Waals surface area contributed by atoms with Crippen molar-refractivity contribution in [2.45, 2.75) is 31.9 Å². The van der Waals surface area contributed by atoms with Gasteiger partial charge in [0.2, 0.25) is 5.91 Å². The standard InChI is InChI=1S/C11H20N2O4/c1-3-9(11(12)15)13-4-5-17-8(7-13)6-10(14)16-2/h8-9H,3-7H2,1-2H3,(H2,12,15). The third kappa shape index (κ3) is 3.98. The zero-order valence-electron chi connectivity index (χ0n) is 10.3. The molecule has 0 spiro atoms. The fraction of sp³-hybridized carbons (Fsp3) is 0.818. The smallest absolute Gasteiger partial charge is 0.308 e. The summed E-state index contributed by atoms with van der Waals surface area (Å²) in [6, 6.07) is -0.279. The van der Waals surface area contributed by atoms with E-state index in [0.29, 0.717) is 26.1 Å². The first kappa shape index (κ1) is 13.9. The number of rotatable bonds is 5. The molecule has 1 heterocycles. The van der Waals surface area contributed by atoms with Gasteiger partial charge in [-0.3, -0.25) is 14.5 Å². The van der Waals surface area contributed by atoms with Crippen molar-refractivity contribution in [1.29, 1.82) is 0 Å². The van der Waals surface area contributed by atoms with Crippen molar-refractivity contribution in [3.63, 3.8) is 0 Å².